The van der Waals surface area contributed by atoms with Gasteiger partial charge in [0.25, 0.3) is 0 Å². The number of hydrogen-bond acceptors (Lipinski definition) is 5. The zero-order chi connectivity index (χ0) is 18.5. The first-order valence-corrected chi connectivity index (χ1v) is 9.42. The summed E-state index contributed by atoms with van der Waals surface area (Å²) in [6.45, 7) is 2.98. The van der Waals surface area contributed by atoms with Gasteiger partial charge in [0.2, 0.25) is 0 Å². The molecule has 0 unspecified atom stereocenters. The molecule has 3 aromatic rings. The third-order valence-electron chi connectivity index (χ3n) is 5.15. The van der Waals surface area contributed by atoms with Gasteiger partial charge < -0.3 is 19.4 Å². The van der Waals surface area contributed by atoms with E-state index < -0.39 is 0 Å². The van der Waals surface area contributed by atoms with Crippen LogP contribution in [0.5, 0.6) is 5.75 Å². The predicted octanol–water partition coefficient (Wildman–Crippen LogP) is 4.11. The van der Waals surface area contributed by atoms with Crippen LogP contribution < -0.4 is 15.0 Å². The lowest BCUT2D eigenvalue weighted by Gasteiger charge is -2.34. The van der Waals surface area contributed by atoms with Gasteiger partial charge in [0.1, 0.15) is 5.75 Å². The normalized spacial score (nSPS) is 15.1. The van der Waals surface area contributed by atoms with Gasteiger partial charge in [-0.1, -0.05) is 24.3 Å². The summed E-state index contributed by atoms with van der Waals surface area (Å²) in [6.07, 6.45) is 5.50. The molecule has 1 aromatic heterocycles. The number of ether oxygens (including phenoxy) is 1. The molecule has 5 nitrogen and oxygen atoms in total. The van der Waals surface area contributed by atoms with E-state index in [1.54, 1.807) is 13.3 Å². The average molecular weight is 363 g/mol. The van der Waals surface area contributed by atoms with Crippen LogP contribution in [0.2, 0.25) is 0 Å². The summed E-state index contributed by atoms with van der Waals surface area (Å²) in [7, 11) is 1.71. The molecular weight excluding hydrogens is 338 g/mol. The molecule has 2 aromatic carbocycles. The Morgan fingerprint density at radius 3 is 2.78 bits per heavy atom. The van der Waals surface area contributed by atoms with Gasteiger partial charge in [0, 0.05) is 36.9 Å². The smallest absolute Gasteiger partial charge is 0.181 e. The molecule has 0 spiro atoms. The summed E-state index contributed by atoms with van der Waals surface area (Å²) in [5.74, 6) is 1.72. The van der Waals surface area contributed by atoms with Crippen molar-refractivity contribution in [3.05, 3.63) is 66.7 Å². The molecule has 27 heavy (non-hydrogen) atoms. The van der Waals surface area contributed by atoms with Crippen molar-refractivity contribution in [3.63, 3.8) is 0 Å². The maximum atomic E-state index is 5.42. The summed E-state index contributed by atoms with van der Waals surface area (Å²) in [5, 5.41) is 3.69. The second kappa shape index (κ2) is 8.27. The van der Waals surface area contributed by atoms with Gasteiger partial charge >= 0.3 is 0 Å². The van der Waals surface area contributed by atoms with Crippen LogP contribution in [0.15, 0.2) is 65.5 Å². The van der Waals surface area contributed by atoms with Crippen molar-refractivity contribution in [2.24, 2.45) is 0 Å². The maximum Gasteiger partial charge on any atom is 0.181 e. The zero-order valence-corrected chi connectivity index (χ0v) is 15.6. The summed E-state index contributed by atoms with van der Waals surface area (Å²) < 4.78 is 10.7. The van der Waals surface area contributed by atoms with Crippen molar-refractivity contribution in [2.75, 3.05) is 25.1 Å². The van der Waals surface area contributed by atoms with E-state index in [1.165, 1.54) is 17.6 Å². The molecule has 0 amide bonds. The molecule has 0 bridgehead atoms. The first kappa shape index (κ1) is 17.6. The standard InChI is InChI=1S/C22H25N3O2/c1-26-21-7-2-4-17(12-21)14-24-19-8-10-25(11-9-19)20-6-3-5-18(13-20)22-15-23-16-27-22/h2-7,12-13,15-16,19,24H,8-11,14H2,1H3. The summed E-state index contributed by atoms with van der Waals surface area (Å²) in [5.41, 5.74) is 3.58. The number of hydrogen-bond donors (Lipinski definition) is 1. The van der Waals surface area contributed by atoms with Crippen LogP contribution in [0, 0.1) is 0 Å². The van der Waals surface area contributed by atoms with E-state index >= 15 is 0 Å². The van der Waals surface area contributed by atoms with Crippen molar-refractivity contribution in [1.29, 1.82) is 0 Å². The monoisotopic (exact) mass is 363 g/mol. The largest absolute Gasteiger partial charge is 0.497 e. The van der Waals surface area contributed by atoms with Gasteiger partial charge in [-0.15, -0.1) is 0 Å². The maximum absolute atomic E-state index is 5.42. The van der Waals surface area contributed by atoms with E-state index in [2.05, 4.69) is 51.6 Å². The fraction of sp³-hybridized carbons (Fsp3) is 0.318. The highest BCUT2D eigenvalue weighted by molar-refractivity contribution is 5.64. The van der Waals surface area contributed by atoms with Crippen molar-refractivity contribution in [2.45, 2.75) is 25.4 Å². The lowest BCUT2D eigenvalue weighted by Crippen LogP contribution is -2.42. The minimum Gasteiger partial charge on any atom is -0.497 e. The Labute approximate surface area is 160 Å². The second-order valence-electron chi connectivity index (χ2n) is 6.91. The number of aromatic nitrogens is 1. The minimum atomic E-state index is 0.546. The molecule has 1 aliphatic rings. The summed E-state index contributed by atoms with van der Waals surface area (Å²) in [6, 6.07) is 17.3. The second-order valence-corrected chi connectivity index (χ2v) is 6.91. The van der Waals surface area contributed by atoms with Crippen LogP contribution in [0.4, 0.5) is 5.69 Å². The minimum absolute atomic E-state index is 0.546. The molecular formula is C22H25N3O2. The molecule has 0 saturated carbocycles. The highest BCUT2D eigenvalue weighted by Gasteiger charge is 2.19. The van der Waals surface area contributed by atoms with E-state index in [4.69, 9.17) is 9.15 Å². The number of anilines is 1. The number of nitrogens with zero attached hydrogens (tertiary/aromatic N) is 2. The molecule has 0 aliphatic carbocycles. The van der Waals surface area contributed by atoms with Crippen molar-refractivity contribution < 1.29 is 9.15 Å². The molecule has 0 radical (unpaired) electrons. The molecule has 5 heteroatoms. The molecule has 1 aliphatic heterocycles. The molecule has 0 atom stereocenters. The first-order chi connectivity index (χ1) is 13.3. The lowest BCUT2D eigenvalue weighted by molar-refractivity contribution is 0.407. The van der Waals surface area contributed by atoms with Crippen molar-refractivity contribution >= 4 is 5.69 Å². The van der Waals surface area contributed by atoms with Crippen LogP contribution in [0.1, 0.15) is 18.4 Å². The third kappa shape index (κ3) is 4.31. The first-order valence-electron chi connectivity index (χ1n) is 9.42. The number of nitrogens with one attached hydrogen (secondary N) is 1. The quantitative estimate of drug-likeness (QED) is 0.714. The lowest BCUT2D eigenvalue weighted by atomic mass is 10.0. The number of piperidine rings is 1. The molecule has 1 fully saturated rings. The van der Waals surface area contributed by atoms with Gasteiger partial charge in [-0.3, -0.25) is 0 Å². The number of benzene rings is 2. The number of rotatable bonds is 6. The predicted molar refractivity (Wildman–Crippen MR) is 107 cm³/mol. The van der Waals surface area contributed by atoms with Gasteiger partial charge in [-0.2, -0.15) is 0 Å². The van der Waals surface area contributed by atoms with E-state index in [0.717, 1.165) is 49.5 Å². The Kier molecular flexibility index (Phi) is 5.39. The Hall–Kier alpha value is -2.79. The van der Waals surface area contributed by atoms with Gasteiger partial charge in [-0.05, 0) is 42.7 Å². The molecule has 4 rings (SSSR count). The number of methoxy groups -OCH3 is 1. The Morgan fingerprint density at radius 1 is 1.15 bits per heavy atom. The Bertz CT molecular complexity index is 856. The van der Waals surface area contributed by atoms with Gasteiger partial charge in [-0.25, -0.2) is 4.98 Å². The van der Waals surface area contributed by atoms with Crippen LogP contribution in [-0.4, -0.2) is 31.2 Å². The van der Waals surface area contributed by atoms with E-state index in [0.29, 0.717) is 6.04 Å². The molecule has 1 saturated heterocycles. The van der Waals surface area contributed by atoms with Crippen molar-refractivity contribution in [1.82, 2.24) is 10.3 Å². The Balaban J connectivity index is 1.32. The molecule has 1 N–H and O–H groups in total. The number of oxazole rings is 1. The van der Waals surface area contributed by atoms with Crippen LogP contribution in [-0.2, 0) is 6.54 Å². The van der Waals surface area contributed by atoms with Crippen molar-refractivity contribution in [3.8, 4) is 17.1 Å². The summed E-state index contributed by atoms with van der Waals surface area (Å²) in [4.78, 5) is 6.46. The van der Waals surface area contributed by atoms with Gasteiger partial charge in [0.05, 0.1) is 13.3 Å². The molecule has 2 heterocycles. The topological polar surface area (TPSA) is 50.5 Å². The zero-order valence-electron chi connectivity index (χ0n) is 15.6. The van der Waals surface area contributed by atoms with Crippen LogP contribution >= 0.6 is 0 Å². The van der Waals surface area contributed by atoms with Gasteiger partial charge in [0.15, 0.2) is 12.2 Å². The average Bonchev–Trinajstić information content (AvgIpc) is 3.28. The summed E-state index contributed by atoms with van der Waals surface area (Å²) >= 11 is 0. The van der Waals surface area contributed by atoms with E-state index in [-0.39, 0.29) is 0 Å². The van der Waals surface area contributed by atoms with Crippen LogP contribution in [0.3, 0.4) is 0 Å². The fourth-order valence-electron chi connectivity index (χ4n) is 3.60. The Morgan fingerprint density at radius 2 is 2.00 bits per heavy atom. The highest BCUT2D eigenvalue weighted by Crippen LogP contribution is 2.26. The fourth-order valence-corrected chi connectivity index (χ4v) is 3.60. The van der Waals surface area contributed by atoms with E-state index in [9.17, 15) is 0 Å². The van der Waals surface area contributed by atoms with E-state index in [1.807, 2.05) is 12.1 Å². The van der Waals surface area contributed by atoms with Crippen LogP contribution in [0.25, 0.3) is 11.3 Å². The third-order valence-corrected chi connectivity index (χ3v) is 5.15. The molecule has 140 valence electrons. The highest BCUT2D eigenvalue weighted by atomic mass is 16.5. The SMILES string of the molecule is COc1cccc(CNC2CCN(c3cccc(-c4cnco4)c3)CC2)c1.